The van der Waals surface area contributed by atoms with Crippen LogP contribution in [0.3, 0.4) is 0 Å². The van der Waals surface area contributed by atoms with E-state index in [2.05, 4.69) is 95.7 Å². The quantitative estimate of drug-likeness (QED) is 0.0277. The van der Waals surface area contributed by atoms with E-state index in [9.17, 15) is 141 Å². The van der Waals surface area contributed by atoms with Crippen molar-refractivity contribution < 1.29 is 141 Å². The standard InChI is InChI=1S/C93H160N20O29/c1-24-51(21)71(94)87(135)102-54(29-42(3)4)79(127)97-40-67(118)113-28-26-27-64(113)86(134)111-74(50(19)20)89(137)104-55(30-43(5)6)77(125)95-38-65(116)98-57(32-45(9)10)82(130)109-73(49(17)18)90(138)107-63(41-114)85(133)101-61(37-70(123)124)84(132)112-76(53(23)115)92(140)105-58(33-46(11)12)80(128)99-59(35-68(119)120)81(129)100-60(36-69(121)122)83(131)110-72(48(15)16)88(136)103-56(31-44(7)8)78(126)96-39-66(117)108-75(52(22)25-2)91(139)106-62(93(141)142)34-47(13)14/h42-64,71-76,114-115H,24-41,94H2,1-23H3,(H,95,125)(H,96,126)(H,97,127)(H,98,116)(H,99,128)(H,100,129)(H,101,133)(H,102,135)(H,103,136)(H,104,137)(H,105,140)(H,106,139)(H,107,138)(H,108,117)(H,109,130)(H,110,131)(H,111,134)(H,112,132)(H,119,120)(H,121,122)(H,123,124)(H,141,142)/t51-,52-,53+,54-,55-,56-,57-,58-,59-,60-,61-,62-,63-,64-,71-,72-,73-,74-,75-,76-/m0/s1. The first-order valence-electron chi connectivity index (χ1n) is 48.5. The van der Waals surface area contributed by atoms with Gasteiger partial charge in [0.1, 0.15) is 96.7 Å². The Bertz CT molecular complexity index is 4320. The van der Waals surface area contributed by atoms with Crippen LogP contribution in [0.2, 0.25) is 0 Å². The monoisotopic (exact) mass is 2020 g/mol. The Labute approximate surface area is 829 Å². The molecule has 19 amide bonds. The second kappa shape index (κ2) is 62.9. The van der Waals surface area contributed by atoms with Crippen LogP contribution in [0.4, 0.5) is 0 Å². The van der Waals surface area contributed by atoms with Gasteiger partial charge in [0.25, 0.3) is 0 Å². The number of amides is 19. The van der Waals surface area contributed by atoms with Gasteiger partial charge >= 0.3 is 23.9 Å². The average Bonchev–Trinajstić information content (AvgIpc) is 1.80. The fourth-order valence-corrected chi connectivity index (χ4v) is 15.0. The molecule has 1 aliphatic heterocycles. The minimum Gasteiger partial charge on any atom is -0.481 e. The number of aliphatic carboxylic acids is 4. The molecule has 0 spiro atoms. The highest BCUT2D eigenvalue weighted by Crippen LogP contribution is 2.22. The third-order valence-corrected chi connectivity index (χ3v) is 23.2. The summed E-state index contributed by atoms with van der Waals surface area (Å²) in [7, 11) is 0. The molecular weight excluding hydrogens is 1860 g/mol. The minimum atomic E-state index is -2.21. The van der Waals surface area contributed by atoms with Crippen molar-refractivity contribution in [3.05, 3.63) is 0 Å². The summed E-state index contributed by atoms with van der Waals surface area (Å²) in [5.74, 6) is -30.3. The number of nitrogens with zero attached hydrogens (tertiary/aromatic N) is 1. The number of aliphatic hydroxyl groups excluding tert-OH is 2. The SMILES string of the molecule is CC[C@H](C)[C@H](N)C(=O)N[C@@H](CC(C)C)C(=O)NCC(=O)N1CCC[C@H]1C(=O)N[C@H](C(=O)N[C@@H](CC(C)C)C(=O)NCC(=O)N[C@@H](CC(C)C)C(=O)N[C@H](C(=O)N[C@@H](CO)C(=O)N[C@@H](CC(=O)O)C(=O)N[C@H](C(=O)N[C@@H](CC(C)C)C(=O)N[C@@H](CC(=O)O)C(=O)N[C@@H](CC(=O)O)C(=O)N[C@H](C(=O)N[C@@H](CC(C)C)C(=O)NCC(=O)N[C@H](C(=O)N[C@@H](CC(C)C)C(=O)O)[C@@H](C)CC)C(C)C)[C@@H](C)O)C(C)C)C(C)C. The van der Waals surface area contributed by atoms with Crippen molar-refractivity contribution in [3.63, 3.8) is 0 Å². The van der Waals surface area contributed by atoms with Crippen molar-refractivity contribution in [3.8, 4) is 0 Å². The van der Waals surface area contributed by atoms with E-state index in [0.717, 1.165) is 6.92 Å². The normalized spacial score (nSPS) is 16.6. The molecule has 26 N–H and O–H groups in total. The first-order chi connectivity index (χ1) is 65.9. The molecule has 0 aliphatic carbocycles. The predicted octanol–water partition coefficient (Wildman–Crippen LogP) is -3.86. The molecule has 49 heteroatoms. The number of likely N-dealkylation sites (tertiary alicyclic amines) is 1. The van der Waals surface area contributed by atoms with Crippen LogP contribution in [0.1, 0.15) is 243 Å². The predicted molar refractivity (Wildman–Crippen MR) is 514 cm³/mol. The first-order valence-corrected chi connectivity index (χ1v) is 48.5. The number of carbonyl (C=O) groups is 23. The zero-order chi connectivity index (χ0) is 109. The van der Waals surface area contributed by atoms with Crippen molar-refractivity contribution in [1.82, 2.24) is 101 Å². The molecule has 0 unspecified atom stereocenters. The van der Waals surface area contributed by atoms with E-state index in [1.54, 1.807) is 83.1 Å². The summed E-state index contributed by atoms with van der Waals surface area (Å²) in [5.41, 5.74) is 6.13. The van der Waals surface area contributed by atoms with Gasteiger partial charge < -0.3 is 137 Å². The van der Waals surface area contributed by atoms with Crippen molar-refractivity contribution >= 4 is 136 Å². The molecule has 0 aromatic carbocycles. The molecule has 1 heterocycles. The lowest BCUT2D eigenvalue weighted by Crippen LogP contribution is -2.63. The van der Waals surface area contributed by atoms with Gasteiger partial charge in [-0.1, -0.05) is 165 Å². The molecule has 0 aromatic heterocycles. The minimum absolute atomic E-state index is 0.0232. The van der Waals surface area contributed by atoms with Crippen molar-refractivity contribution in [1.29, 1.82) is 0 Å². The summed E-state index contributed by atoms with van der Waals surface area (Å²) >= 11 is 0. The van der Waals surface area contributed by atoms with Gasteiger partial charge in [0.15, 0.2) is 0 Å². The van der Waals surface area contributed by atoms with Crippen LogP contribution >= 0.6 is 0 Å². The second-order valence-corrected chi connectivity index (χ2v) is 39.9. The van der Waals surface area contributed by atoms with Crippen molar-refractivity contribution in [2.75, 3.05) is 32.8 Å². The molecule has 0 aromatic rings. The average molecular weight is 2020 g/mol. The summed E-state index contributed by atoms with van der Waals surface area (Å²) in [5, 5.41) is 104. The van der Waals surface area contributed by atoms with E-state index in [0.29, 0.717) is 19.3 Å². The van der Waals surface area contributed by atoms with Crippen LogP contribution in [0, 0.1) is 65.1 Å². The maximum atomic E-state index is 14.3. The van der Waals surface area contributed by atoms with E-state index in [4.69, 9.17) is 5.73 Å². The molecule has 49 nitrogen and oxygen atoms in total. The number of rotatable bonds is 65. The molecule has 0 radical (unpaired) electrons. The summed E-state index contributed by atoms with van der Waals surface area (Å²) < 4.78 is 0. The highest BCUT2D eigenvalue weighted by atomic mass is 16.4. The highest BCUT2D eigenvalue weighted by Gasteiger charge is 2.44. The van der Waals surface area contributed by atoms with Gasteiger partial charge in [0.05, 0.1) is 57.6 Å². The fraction of sp³-hybridized carbons (Fsp3) is 0.753. The summed E-state index contributed by atoms with van der Waals surface area (Å²) in [6.45, 7) is 34.6. The van der Waals surface area contributed by atoms with Crippen LogP contribution in [-0.4, -0.2) is 313 Å². The van der Waals surface area contributed by atoms with Gasteiger partial charge in [-0.25, -0.2) is 4.79 Å². The summed E-state index contributed by atoms with van der Waals surface area (Å²) in [6.07, 6.45) is -4.30. The van der Waals surface area contributed by atoms with E-state index in [-0.39, 0.29) is 87.0 Å². The van der Waals surface area contributed by atoms with Gasteiger partial charge in [-0.2, -0.15) is 0 Å². The number of carboxylic acid groups (broad SMARTS) is 4. The molecule has 0 saturated carbocycles. The van der Waals surface area contributed by atoms with Crippen LogP contribution < -0.4 is 101 Å². The highest BCUT2D eigenvalue weighted by molar-refractivity contribution is 6.03. The number of hydrogen-bond donors (Lipinski definition) is 25. The molecule has 1 aliphatic rings. The Hall–Kier alpha value is -12.3. The fourth-order valence-electron chi connectivity index (χ4n) is 15.0. The molecule has 1 saturated heterocycles. The van der Waals surface area contributed by atoms with E-state index in [1.807, 2.05) is 27.7 Å². The number of hydrogen-bond acceptors (Lipinski definition) is 26. The van der Waals surface area contributed by atoms with E-state index >= 15 is 0 Å². The Morgan fingerprint density at radius 3 is 0.923 bits per heavy atom. The zero-order valence-electron chi connectivity index (χ0n) is 86.1. The number of nitrogens with one attached hydrogen (secondary N) is 18. The van der Waals surface area contributed by atoms with Gasteiger partial charge in [0, 0.05) is 6.54 Å². The Morgan fingerprint density at radius 1 is 0.303 bits per heavy atom. The molecule has 0 bridgehead atoms. The van der Waals surface area contributed by atoms with Gasteiger partial charge in [-0.3, -0.25) is 105 Å². The van der Waals surface area contributed by atoms with E-state index in [1.165, 1.54) is 46.4 Å². The number of nitrogens with two attached hydrogens (primary N) is 1. The van der Waals surface area contributed by atoms with Crippen LogP contribution in [0.5, 0.6) is 0 Å². The Balaban J connectivity index is 3.41. The number of aliphatic hydroxyl groups is 2. The summed E-state index contributed by atoms with van der Waals surface area (Å²) in [4.78, 5) is 314. The van der Waals surface area contributed by atoms with Gasteiger partial charge in [0.2, 0.25) is 112 Å². The third-order valence-electron chi connectivity index (χ3n) is 23.2. The topological polar surface area (TPSA) is 760 Å². The molecule has 20 atom stereocenters. The lowest BCUT2D eigenvalue weighted by molar-refractivity contribution is -0.144. The molecular formula is C93H160N20O29. The van der Waals surface area contributed by atoms with E-state index < -0.39 is 320 Å². The lowest BCUT2D eigenvalue weighted by Gasteiger charge is -2.29. The smallest absolute Gasteiger partial charge is 0.326 e. The largest absolute Gasteiger partial charge is 0.481 e. The summed E-state index contributed by atoms with van der Waals surface area (Å²) in [6, 6.07) is -26.6. The maximum absolute atomic E-state index is 14.3. The number of carbonyl (C=O) groups excluding carboxylic acids is 19. The third kappa shape index (κ3) is 46.2. The van der Waals surface area contributed by atoms with Gasteiger partial charge in [-0.05, 0) is 123 Å². The number of carboxylic acids is 4. The maximum Gasteiger partial charge on any atom is 0.326 e. The molecule has 142 heavy (non-hydrogen) atoms. The molecule has 806 valence electrons. The van der Waals surface area contributed by atoms with Crippen LogP contribution in [0.15, 0.2) is 0 Å². The van der Waals surface area contributed by atoms with Crippen LogP contribution in [-0.2, 0) is 110 Å². The Morgan fingerprint density at radius 2 is 0.577 bits per heavy atom. The molecule has 1 fully saturated rings. The zero-order valence-corrected chi connectivity index (χ0v) is 86.1. The molecule has 1 rings (SSSR count). The second-order valence-electron chi connectivity index (χ2n) is 39.9. The van der Waals surface area contributed by atoms with Crippen molar-refractivity contribution in [2.24, 2.45) is 70.8 Å². The first kappa shape index (κ1) is 128. The Kier molecular flexibility index (Phi) is 56.5. The van der Waals surface area contributed by atoms with Crippen molar-refractivity contribution in [2.45, 2.75) is 352 Å². The van der Waals surface area contributed by atoms with Gasteiger partial charge in [-0.15, -0.1) is 0 Å². The van der Waals surface area contributed by atoms with Crippen LogP contribution in [0.25, 0.3) is 0 Å². The lowest BCUT2D eigenvalue weighted by atomic mass is 9.97.